The molecule has 178 valence electrons. The lowest BCUT2D eigenvalue weighted by Gasteiger charge is -2.26. The molecule has 1 aliphatic rings. The average Bonchev–Trinajstić information content (AvgIpc) is 2.84. The SMILES string of the molecule is CCOc1ccc(S(=O)(=O)N2CCCCC2)cc1NC(=O)COc1ccc(C(=O)CC)cc1. The fourth-order valence-electron chi connectivity index (χ4n) is 3.58. The number of Topliss-reactive ketones (excluding diaryl/α,β-unsaturated/α-hetero) is 1. The largest absolute Gasteiger partial charge is 0.492 e. The molecule has 1 amide bonds. The van der Waals surface area contributed by atoms with Gasteiger partial charge in [0.25, 0.3) is 5.91 Å². The summed E-state index contributed by atoms with van der Waals surface area (Å²) in [5, 5.41) is 2.69. The zero-order valence-corrected chi connectivity index (χ0v) is 19.8. The van der Waals surface area contributed by atoms with E-state index >= 15 is 0 Å². The van der Waals surface area contributed by atoms with Crippen LogP contribution < -0.4 is 14.8 Å². The van der Waals surface area contributed by atoms with Crippen molar-refractivity contribution in [3.63, 3.8) is 0 Å². The van der Waals surface area contributed by atoms with Crippen molar-refractivity contribution in [3.8, 4) is 11.5 Å². The van der Waals surface area contributed by atoms with Gasteiger partial charge in [-0.25, -0.2) is 8.42 Å². The highest BCUT2D eigenvalue weighted by molar-refractivity contribution is 7.89. The molecule has 1 heterocycles. The Morgan fingerprint density at radius 1 is 0.970 bits per heavy atom. The maximum absolute atomic E-state index is 13.0. The number of ether oxygens (including phenoxy) is 2. The Morgan fingerprint density at radius 3 is 2.30 bits per heavy atom. The van der Waals surface area contributed by atoms with Gasteiger partial charge in [-0.2, -0.15) is 4.31 Å². The predicted octanol–water partition coefficient (Wildman–Crippen LogP) is 3.87. The number of carbonyl (C=O) groups excluding carboxylic acids is 2. The van der Waals surface area contributed by atoms with Crippen LogP contribution in [0, 0.1) is 0 Å². The molecule has 0 saturated carbocycles. The summed E-state index contributed by atoms with van der Waals surface area (Å²) in [6.45, 7) is 4.66. The number of nitrogens with zero attached hydrogens (tertiary/aromatic N) is 1. The quantitative estimate of drug-likeness (QED) is 0.525. The van der Waals surface area contributed by atoms with E-state index in [0.717, 1.165) is 19.3 Å². The molecule has 0 spiro atoms. The average molecular weight is 475 g/mol. The molecule has 8 nitrogen and oxygen atoms in total. The molecule has 9 heteroatoms. The first-order valence-corrected chi connectivity index (χ1v) is 12.6. The highest BCUT2D eigenvalue weighted by atomic mass is 32.2. The van der Waals surface area contributed by atoms with Crippen LogP contribution >= 0.6 is 0 Å². The molecule has 1 fully saturated rings. The Morgan fingerprint density at radius 2 is 1.67 bits per heavy atom. The second-order valence-electron chi connectivity index (χ2n) is 7.69. The molecule has 0 bridgehead atoms. The topological polar surface area (TPSA) is 102 Å². The van der Waals surface area contributed by atoms with E-state index in [9.17, 15) is 18.0 Å². The minimum atomic E-state index is -3.65. The number of amides is 1. The Bertz CT molecular complexity index is 1080. The van der Waals surface area contributed by atoms with Crippen molar-refractivity contribution < 1.29 is 27.5 Å². The Balaban J connectivity index is 1.70. The van der Waals surface area contributed by atoms with Crippen LogP contribution in [0.4, 0.5) is 5.69 Å². The molecule has 1 N–H and O–H groups in total. The molecule has 0 atom stereocenters. The summed E-state index contributed by atoms with van der Waals surface area (Å²) in [4.78, 5) is 24.3. The number of carbonyl (C=O) groups is 2. The van der Waals surface area contributed by atoms with E-state index in [1.807, 2.05) is 0 Å². The lowest BCUT2D eigenvalue weighted by atomic mass is 10.1. The van der Waals surface area contributed by atoms with E-state index < -0.39 is 15.9 Å². The van der Waals surface area contributed by atoms with Crippen molar-refractivity contribution >= 4 is 27.4 Å². The highest BCUT2D eigenvalue weighted by Crippen LogP contribution is 2.30. The van der Waals surface area contributed by atoms with Gasteiger partial charge in [0.05, 0.1) is 17.2 Å². The number of hydrogen-bond acceptors (Lipinski definition) is 6. The molecule has 33 heavy (non-hydrogen) atoms. The minimum Gasteiger partial charge on any atom is -0.492 e. The first-order chi connectivity index (χ1) is 15.8. The molecule has 0 radical (unpaired) electrons. The molecule has 2 aromatic carbocycles. The fourth-order valence-corrected chi connectivity index (χ4v) is 5.12. The summed E-state index contributed by atoms with van der Waals surface area (Å²) in [5.41, 5.74) is 0.856. The number of benzene rings is 2. The molecule has 0 unspecified atom stereocenters. The Kier molecular flexibility index (Phi) is 8.46. The van der Waals surface area contributed by atoms with E-state index in [1.165, 1.54) is 16.4 Å². The molecule has 0 aliphatic carbocycles. The Labute approximate surface area is 194 Å². The van der Waals surface area contributed by atoms with Crippen LogP contribution in [0.2, 0.25) is 0 Å². The van der Waals surface area contributed by atoms with Crippen LogP contribution in [-0.2, 0) is 14.8 Å². The smallest absolute Gasteiger partial charge is 0.262 e. The molecular formula is C24H30N2O6S. The van der Waals surface area contributed by atoms with Gasteiger partial charge in [-0.05, 0) is 62.2 Å². The van der Waals surface area contributed by atoms with Crippen molar-refractivity contribution in [2.75, 3.05) is 31.6 Å². The normalized spacial score (nSPS) is 14.5. The third kappa shape index (κ3) is 6.33. The van der Waals surface area contributed by atoms with Gasteiger partial charge in [0, 0.05) is 25.1 Å². The third-order valence-electron chi connectivity index (χ3n) is 5.35. The van der Waals surface area contributed by atoms with Gasteiger partial charge in [-0.3, -0.25) is 9.59 Å². The molecule has 2 aromatic rings. The number of rotatable bonds is 10. The van der Waals surface area contributed by atoms with E-state index in [2.05, 4.69) is 5.32 Å². The van der Waals surface area contributed by atoms with Crippen molar-refractivity contribution in [2.45, 2.75) is 44.4 Å². The molecule has 1 saturated heterocycles. The second-order valence-corrected chi connectivity index (χ2v) is 9.63. The van der Waals surface area contributed by atoms with E-state index in [0.29, 0.717) is 43.2 Å². The number of nitrogens with one attached hydrogen (secondary N) is 1. The summed E-state index contributed by atoms with van der Waals surface area (Å²) in [6, 6.07) is 11.1. The number of sulfonamides is 1. The monoisotopic (exact) mass is 474 g/mol. The Hall–Kier alpha value is -2.91. The van der Waals surface area contributed by atoms with Gasteiger partial charge in [-0.15, -0.1) is 0 Å². The second kappa shape index (κ2) is 11.3. The number of anilines is 1. The molecule has 0 aromatic heterocycles. The lowest BCUT2D eigenvalue weighted by Crippen LogP contribution is -2.35. The lowest BCUT2D eigenvalue weighted by molar-refractivity contribution is -0.118. The number of piperidine rings is 1. The first kappa shape index (κ1) is 24.7. The summed E-state index contributed by atoms with van der Waals surface area (Å²) in [6.07, 6.45) is 3.11. The summed E-state index contributed by atoms with van der Waals surface area (Å²) >= 11 is 0. The van der Waals surface area contributed by atoms with Gasteiger partial charge >= 0.3 is 0 Å². The summed E-state index contributed by atoms with van der Waals surface area (Å²) in [5.74, 6) is 0.398. The predicted molar refractivity (Wildman–Crippen MR) is 125 cm³/mol. The zero-order chi connectivity index (χ0) is 23.8. The van der Waals surface area contributed by atoms with Crippen molar-refractivity contribution in [1.82, 2.24) is 4.31 Å². The van der Waals surface area contributed by atoms with Crippen LogP contribution in [0.5, 0.6) is 11.5 Å². The van der Waals surface area contributed by atoms with Crippen LogP contribution in [-0.4, -0.2) is 50.7 Å². The summed E-state index contributed by atoms with van der Waals surface area (Å²) in [7, 11) is -3.65. The van der Waals surface area contributed by atoms with Gasteiger partial charge in [0.1, 0.15) is 11.5 Å². The van der Waals surface area contributed by atoms with E-state index in [1.54, 1.807) is 44.2 Å². The van der Waals surface area contributed by atoms with Crippen molar-refractivity contribution in [1.29, 1.82) is 0 Å². The highest BCUT2D eigenvalue weighted by Gasteiger charge is 2.27. The number of ketones is 1. The summed E-state index contributed by atoms with van der Waals surface area (Å²) < 4.78 is 38.6. The maximum Gasteiger partial charge on any atom is 0.262 e. The van der Waals surface area contributed by atoms with E-state index in [-0.39, 0.29) is 23.0 Å². The maximum atomic E-state index is 13.0. The van der Waals surface area contributed by atoms with E-state index in [4.69, 9.17) is 9.47 Å². The van der Waals surface area contributed by atoms with Gasteiger partial charge in [-0.1, -0.05) is 13.3 Å². The van der Waals surface area contributed by atoms with Crippen molar-refractivity contribution in [3.05, 3.63) is 48.0 Å². The number of hydrogen-bond donors (Lipinski definition) is 1. The van der Waals surface area contributed by atoms with Crippen LogP contribution in [0.1, 0.15) is 49.9 Å². The van der Waals surface area contributed by atoms with Crippen LogP contribution in [0.25, 0.3) is 0 Å². The van der Waals surface area contributed by atoms with Crippen LogP contribution in [0.3, 0.4) is 0 Å². The minimum absolute atomic E-state index is 0.0298. The standard InChI is InChI=1S/C24H30N2O6S/c1-3-22(27)18-8-10-19(11-9-18)32-17-24(28)25-21-16-20(12-13-23(21)31-4-2)33(29,30)26-14-6-5-7-15-26/h8-13,16H,3-7,14-15,17H2,1-2H3,(H,25,28). The molecule has 1 aliphatic heterocycles. The first-order valence-electron chi connectivity index (χ1n) is 11.2. The molecule has 3 rings (SSSR count). The van der Waals surface area contributed by atoms with Crippen LogP contribution in [0.15, 0.2) is 47.4 Å². The fraction of sp³-hybridized carbons (Fsp3) is 0.417. The van der Waals surface area contributed by atoms with Gasteiger partial charge < -0.3 is 14.8 Å². The molecular weight excluding hydrogens is 444 g/mol. The van der Waals surface area contributed by atoms with Crippen molar-refractivity contribution in [2.24, 2.45) is 0 Å². The third-order valence-corrected chi connectivity index (χ3v) is 7.24. The zero-order valence-electron chi connectivity index (χ0n) is 19.0. The van der Waals surface area contributed by atoms with Gasteiger partial charge in [0.15, 0.2) is 12.4 Å². The van der Waals surface area contributed by atoms with Gasteiger partial charge in [0.2, 0.25) is 10.0 Å².